The lowest BCUT2D eigenvalue weighted by Crippen LogP contribution is -2.25. The minimum Gasteiger partial charge on any atom is -0.468 e. The molecule has 0 bridgehead atoms. The Kier molecular flexibility index (Phi) is 2.96. The highest BCUT2D eigenvalue weighted by atomic mass is 32.2. The van der Waals surface area contributed by atoms with E-state index in [2.05, 4.69) is 23.1 Å². The quantitative estimate of drug-likeness (QED) is 0.805. The fraction of sp³-hybridized carbons (Fsp3) is 0.600. The van der Waals surface area contributed by atoms with Crippen molar-refractivity contribution in [2.24, 2.45) is 0 Å². The lowest BCUT2D eigenvalue weighted by Gasteiger charge is -2.19. The van der Waals surface area contributed by atoms with Crippen molar-refractivity contribution < 1.29 is 4.42 Å². The Labute approximate surface area is 83.1 Å². The number of rotatable bonds is 3. The summed E-state index contributed by atoms with van der Waals surface area (Å²) in [6.45, 7) is 0. The summed E-state index contributed by atoms with van der Waals surface area (Å²) in [4.78, 5) is 0. The van der Waals surface area contributed by atoms with Gasteiger partial charge in [0.15, 0.2) is 0 Å². The summed E-state index contributed by atoms with van der Waals surface area (Å²) in [6, 6.07) is 4.40. The third-order valence-corrected chi connectivity index (χ3v) is 3.96. The molecule has 2 heterocycles. The van der Waals surface area contributed by atoms with E-state index in [9.17, 15) is 0 Å². The first-order chi connectivity index (χ1) is 6.42. The standard InChI is InChI=1S/C10H15NOS/c1-11-10(8-4-2-6-12-8)9-5-3-7-13-9/h2,4,6,9-11H,3,5,7H2,1H3. The van der Waals surface area contributed by atoms with Crippen LogP contribution in [0, 0.1) is 0 Å². The van der Waals surface area contributed by atoms with E-state index in [0.29, 0.717) is 11.3 Å². The van der Waals surface area contributed by atoms with Crippen LogP contribution in [0.5, 0.6) is 0 Å². The molecule has 2 rings (SSSR count). The molecule has 72 valence electrons. The summed E-state index contributed by atoms with van der Waals surface area (Å²) in [5.74, 6) is 2.37. The van der Waals surface area contributed by atoms with Gasteiger partial charge in [-0.25, -0.2) is 0 Å². The van der Waals surface area contributed by atoms with Crippen LogP contribution in [0.2, 0.25) is 0 Å². The molecule has 0 amide bonds. The van der Waals surface area contributed by atoms with E-state index in [1.54, 1.807) is 6.26 Å². The molecule has 13 heavy (non-hydrogen) atoms. The third kappa shape index (κ3) is 1.92. The summed E-state index contributed by atoms with van der Waals surface area (Å²) in [5.41, 5.74) is 0. The van der Waals surface area contributed by atoms with Gasteiger partial charge in [-0.2, -0.15) is 11.8 Å². The van der Waals surface area contributed by atoms with Crippen LogP contribution in [0.4, 0.5) is 0 Å². The molecule has 0 radical (unpaired) electrons. The van der Waals surface area contributed by atoms with Crippen LogP contribution in [0.25, 0.3) is 0 Å². The van der Waals surface area contributed by atoms with E-state index in [1.165, 1.54) is 18.6 Å². The molecule has 2 nitrogen and oxygen atoms in total. The van der Waals surface area contributed by atoms with Gasteiger partial charge in [0.1, 0.15) is 5.76 Å². The Morgan fingerprint density at radius 2 is 2.62 bits per heavy atom. The molecular formula is C10H15NOS. The Hall–Kier alpha value is -0.410. The molecule has 1 aliphatic heterocycles. The van der Waals surface area contributed by atoms with Crippen LogP contribution in [-0.4, -0.2) is 18.1 Å². The SMILES string of the molecule is CNC(c1ccco1)C1CCCS1. The lowest BCUT2D eigenvalue weighted by atomic mass is 10.1. The molecule has 0 aromatic carbocycles. The van der Waals surface area contributed by atoms with Crippen molar-refractivity contribution in [3.05, 3.63) is 24.2 Å². The topological polar surface area (TPSA) is 25.2 Å². The fourth-order valence-electron chi connectivity index (χ4n) is 1.85. The van der Waals surface area contributed by atoms with Crippen molar-refractivity contribution in [3.63, 3.8) is 0 Å². The van der Waals surface area contributed by atoms with Crippen LogP contribution in [0.1, 0.15) is 24.6 Å². The predicted molar refractivity (Wildman–Crippen MR) is 56.0 cm³/mol. The van der Waals surface area contributed by atoms with E-state index in [4.69, 9.17) is 4.42 Å². The van der Waals surface area contributed by atoms with Crippen molar-refractivity contribution in [1.82, 2.24) is 5.32 Å². The van der Waals surface area contributed by atoms with Gasteiger partial charge in [0.05, 0.1) is 12.3 Å². The van der Waals surface area contributed by atoms with Crippen molar-refractivity contribution >= 4 is 11.8 Å². The molecule has 1 saturated heterocycles. The number of thioether (sulfide) groups is 1. The molecule has 0 aliphatic carbocycles. The molecule has 1 fully saturated rings. The second-order valence-electron chi connectivity index (χ2n) is 3.33. The van der Waals surface area contributed by atoms with Crippen LogP contribution >= 0.6 is 11.8 Å². The predicted octanol–water partition coefficient (Wildman–Crippen LogP) is 2.44. The summed E-state index contributed by atoms with van der Waals surface area (Å²) >= 11 is 2.05. The smallest absolute Gasteiger partial charge is 0.121 e. The average molecular weight is 197 g/mol. The molecule has 2 unspecified atom stereocenters. The van der Waals surface area contributed by atoms with Gasteiger partial charge in [-0.05, 0) is 37.8 Å². The zero-order valence-corrected chi connectivity index (χ0v) is 8.64. The highest BCUT2D eigenvalue weighted by Gasteiger charge is 2.27. The van der Waals surface area contributed by atoms with Gasteiger partial charge < -0.3 is 9.73 Å². The molecule has 1 aromatic heterocycles. The van der Waals surface area contributed by atoms with Crippen LogP contribution < -0.4 is 5.32 Å². The van der Waals surface area contributed by atoms with Crippen molar-refractivity contribution in [2.75, 3.05) is 12.8 Å². The van der Waals surface area contributed by atoms with Crippen LogP contribution in [-0.2, 0) is 0 Å². The number of furan rings is 1. The number of hydrogen-bond donors (Lipinski definition) is 1. The minimum absolute atomic E-state index is 0.391. The van der Waals surface area contributed by atoms with Gasteiger partial charge in [0.2, 0.25) is 0 Å². The highest BCUT2D eigenvalue weighted by molar-refractivity contribution is 8.00. The maximum atomic E-state index is 5.42. The second kappa shape index (κ2) is 4.20. The van der Waals surface area contributed by atoms with E-state index in [0.717, 1.165) is 5.76 Å². The number of nitrogens with one attached hydrogen (secondary N) is 1. The van der Waals surface area contributed by atoms with E-state index < -0.39 is 0 Å². The lowest BCUT2D eigenvalue weighted by molar-refractivity contribution is 0.418. The first-order valence-corrected chi connectivity index (χ1v) is 5.79. The maximum Gasteiger partial charge on any atom is 0.121 e. The Balaban J connectivity index is 2.08. The second-order valence-corrected chi connectivity index (χ2v) is 4.68. The van der Waals surface area contributed by atoms with Gasteiger partial charge in [-0.15, -0.1) is 0 Å². The molecule has 1 aliphatic rings. The molecule has 1 N–H and O–H groups in total. The van der Waals surface area contributed by atoms with E-state index >= 15 is 0 Å². The van der Waals surface area contributed by atoms with Gasteiger partial charge in [-0.3, -0.25) is 0 Å². The van der Waals surface area contributed by atoms with Gasteiger partial charge in [-0.1, -0.05) is 0 Å². The number of hydrogen-bond acceptors (Lipinski definition) is 3. The molecular weight excluding hydrogens is 182 g/mol. The average Bonchev–Trinajstić information content (AvgIpc) is 2.76. The molecule has 0 saturated carbocycles. The first-order valence-electron chi connectivity index (χ1n) is 4.74. The highest BCUT2D eigenvalue weighted by Crippen LogP contribution is 2.35. The fourth-order valence-corrected chi connectivity index (χ4v) is 3.28. The molecule has 3 heteroatoms. The first kappa shape index (κ1) is 9.16. The van der Waals surface area contributed by atoms with Gasteiger partial charge >= 0.3 is 0 Å². The van der Waals surface area contributed by atoms with Crippen LogP contribution in [0.15, 0.2) is 22.8 Å². The molecule has 0 spiro atoms. The van der Waals surface area contributed by atoms with E-state index in [1.807, 2.05) is 13.1 Å². The summed E-state index contributed by atoms with van der Waals surface area (Å²) in [6.07, 6.45) is 4.39. The monoisotopic (exact) mass is 197 g/mol. The molecule has 2 atom stereocenters. The van der Waals surface area contributed by atoms with Crippen molar-refractivity contribution in [1.29, 1.82) is 0 Å². The zero-order chi connectivity index (χ0) is 9.10. The van der Waals surface area contributed by atoms with E-state index in [-0.39, 0.29) is 0 Å². The van der Waals surface area contributed by atoms with Crippen molar-refractivity contribution in [2.45, 2.75) is 24.1 Å². The Morgan fingerprint density at radius 1 is 1.69 bits per heavy atom. The van der Waals surface area contributed by atoms with Gasteiger partial charge in [0.25, 0.3) is 0 Å². The van der Waals surface area contributed by atoms with Crippen molar-refractivity contribution in [3.8, 4) is 0 Å². The minimum atomic E-state index is 0.391. The Bertz CT molecular complexity index is 241. The Morgan fingerprint density at radius 3 is 3.15 bits per heavy atom. The summed E-state index contributed by atoms with van der Waals surface area (Å²) in [5, 5.41) is 4.02. The zero-order valence-electron chi connectivity index (χ0n) is 7.82. The summed E-state index contributed by atoms with van der Waals surface area (Å²) < 4.78 is 5.42. The van der Waals surface area contributed by atoms with Gasteiger partial charge in [0, 0.05) is 5.25 Å². The normalized spacial score (nSPS) is 24.8. The third-order valence-electron chi connectivity index (χ3n) is 2.50. The molecule has 1 aromatic rings. The maximum absolute atomic E-state index is 5.42. The van der Waals surface area contributed by atoms with Crippen LogP contribution in [0.3, 0.4) is 0 Å². The largest absolute Gasteiger partial charge is 0.468 e. The summed E-state index contributed by atoms with van der Waals surface area (Å²) in [7, 11) is 2.01.